The monoisotopic (exact) mass is 578 g/mol. The summed E-state index contributed by atoms with van der Waals surface area (Å²) in [5, 5.41) is 6.98. The zero-order chi connectivity index (χ0) is 27.7. The fourth-order valence-corrected chi connectivity index (χ4v) is 4.26. The summed E-state index contributed by atoms with van der Waals surface area (Å²) in [6, 6.07) is 17.9. The molecule has 200 valence electrons. The number of carbonyl (C=O) groups excluding carboxylic acids is 2. The van der Waals surface area contributed by atoms with Gasteiger partial charge in [0.25, 0.3) is 11.8 Å². The van der Waals surface area contributed by atoms with Crippen molar-refractivity contribution in [1.82, 2.24) is 5.43 Å². The van der Waals surface area contributed by atoms with Crippen molar-refractivity contribution in [3.05, 3.63) is 82.3 Å². The first kappa shape index (κ1) is 28.8. The first-order valence-corrected chi connectivity index (χ1v) is 13.6. The van der Waals surface area contributed by atoms with Gasteiger partial charge in [0, 0.05) is 0 Å². The minimum absolute atomic E-state index is 0.153. The van der Waals surface area contributed by atoms with Crippen LogP contribution in [0.2, 0.25) is 10.0 Å². The van der Waals surface area contributed by atoms with Crippen LogP contribution in [0.25, 0.3) is 0 Å². The molecule has 38 heavy (non-hydrogen) atoms. The molecule has 0 aliphatic carbocycles. The van der Waals surface area contributed by atoms with Crippen LogP contribution in [0.15, 0.2) is 71.8 Å². The molecule has 0 aromatic heterocycles. The minimum Gasteiger partial charge on any atom is -0.495 e. The van der Waals surface area contributed by atoms with E-state index in [9.17, 15) is 18.0 Å². The zero-order valence-corrected chi connectivity index (χ0v) is 22.7. The van der Waals surface area contributed by atoms with Gasteiger partial charge in [-0.2, -0.15) is 5.10 Å². The fraction of sp³-hybridized carbons (Fsp3) is 0.160. The van der Waals surface area contributed by atoms with Crippen molar-refractivity contribution in [2.24, 2.45) is 5.10 Å². The van der Waals surface area contributed by atoms with E-state index in [1.165, 1.54) is 31.5 Å². The van der Waals surface area contributed by atoms with Crippen LogP contribution in [0.5, 0.6) is 11.5 Å². The van der Waals surface area contributed by atoms with E-state index in [0.29, 0.717) is 22.7 Å². The third-order valence-corrected chi connectivity index (χ3v) is 6.79. The molecule has 2 amide bonds. The van der Waals surface area contributed by atoms with Gasteiger partial charge in [-0.3, -0.25) is 13.9 Å². The lowest BCUT2D eigenvalue weighted by Crippen LogP contribution is -2.39. The van der Waals surface area contributed by atoms with E-state index in [1.54, 1.807) is 48.5 Å². The highest BCUT2D eigenvalue weighted by atomic mass is 35.5. The van der Waals surface area contributed by atoms with Crippen LogP contribution < -0.4 is 24.5 Å². The summed E-state index contributed by atoms with van der Waals surface area (Å²) >= 11 is 11.9. The van der Waals surface area contributed by atoms with Crippen molar-refractivity contribution in [2.75, 3.05) is 36.1 Å². The van der Waals surface area contributed by atoms with E-state index in [4.69, 9.17) is 32.7 Å². The third-order valence-electron chi connectivity index (χ3n) is 4.91. The molecule has 0 saturated heterocycles. The Morgan fingerprint density at radius 1 is 1.00 bits per heavy atom. The second kappa shape index (κ2) is 13.1. The molecule has 0 saturated carbocycles. The number of rotatable bonds is 11. The number of nitrogens with zero attached hydrogens (tertiary/aromatic N) is 2. The Hall–Kier alpha value is -3.80. The number of carbonyl (C=O) groups is 2. The van der Waals surface area contributed by atoms with Crippen molar-refractivity contribution >= 4 is 62.6 Å². The Kier molecular flexibility index (Phi) is 9.94. The summed E-state index contributed by atoms with van der Waals surface area (Å²) in [6.45, 7) is -0.727. The van der Waals surface area contributed by atoms with Gasteiger partial charge >= 0.3 is 0 Å². The molecule has 0 aliphatic heterocycles. The third kappa shape index (κ3) is 8.37. The van der Waals surface area contributed by atoms with Crippen LogP contribution in [0.4, 0.5) is 11.4 Å². The Labute approximate surface area is 230 Å². The average molecular weight is 579 g/mol. The van der Waals surface area contributed by atoms with Gasteiger partial charge in [-0.25, -0.2) is 13.8 Å². The van der Waals surface area contributed by atoms with Gasteiger partial charge < -0.3 is 14.8 Å². The minimum atomic E-state index is -3.79. The fourth-order valence-electron chi connectivity index (χ4n) is 3.12. The number of para-hydroxylation sites is 2. The Bertz CT molecular complexity index is 1430. The highest BCUT2D eigenvalue weighted by Gasteiger charge is 2.21. The lowest BCUT2D eigenvalue weighted by Gasteiger charge is -2.21. The maximum atomic E-state index is 12.3. The molecule has 0 radical (unpaired) electrons. The van der Waals surface area contributed by atoms with Gasteiger partial charge in [0.1, 0.15) is 18.0 Å². The number of hydrogen-bond acceptors (Lipinski definition) is 7. The van der Waals surface area contributed by atoms with Crippen LogP contribution in [0, 0.1) is 0 Å². The molecule has 0 aliphatic rings. The Balaban J connectivity index is 1.51. The summed E-state index contributed by atoms with van der Waals surface area (Å²) in [5.74, 6) is -0.0348. The van der Waals surface area contributed by atoms with Gasteiger partial charge in [-0.15, -0.1) is 0 Å². The average Bonchev–Trinajstić information content (AvgIpc) is 2.88. The van der Waals surface area contributed by atoms with E-state index in [2.05, 4.69) is 15.8 Å². The summed E-state index contributed by atoms with van der Waals surface area (Å²) in [7, 11) is -2.27. The van der Waals surface area contributed by atoms with Crippen LogP contribution >= 0.6 is 23.2 Å². The number of methoxy groups -OCH3 is 1. The van der Waals surface area contributed by atoms with Crippen molar-refractivity contribution in [3.63, 3.8) is 0 Å². The van der Waals surface area contributed by atoms with Gasteiger partial charge in [-0.1, -0.05) is 35.3 Å². The molecular formula is C25H24Cl2N4O6S. The number of hydrogen-bond donors (Lipinski definition) is 2. The summed E-state index contributed by atoms with van der Waals surface area (Å²) in [4.78, 5) is 24.5. The van der Waals surface area contributed by atoms with E-state index >= 15 is 0 Å². The van der Waals surface area contributed by atoms with E-state index in [0.717, 1.165) is 10.6 Å². The second-order valence-electron chi connectivity index (χ2n) is 7.77. The number of amides is 2. The molecule has 0 atom stereocenters. The standard InChI is InChI=1S/C25H24Cl2N4O6S/c1-36-23-6-4-3-5-22(23)29-25(33)16-37-19-10-7-17(8-11-19)14-28-30-24(32)15-31(38(2,34)35)18-9-12-20(26)21(27)13-18/h3-14H,15-16H2,1-2H3,(H,29,33)(H,30,32)/b28-14-. The first-order valence-electron chi connectivity index (χ1n) is 11.0. The predicted molar refractivity (Wildman–Crippen MR) is 148 cm³/mol. The smallest absolute Gasteiger partial charge is 0.262 e. The zero-order valence-electron chi connectivity index (χ0n) is 20.4. The number of ether oxygens (including phenoxy) is 2. The first-order chi connectivity index (χ1) is 18.1. The topological polar surface area (TPSA) is 126 Å². The summed E-state index contributed by atoms with van der Waals surface area (Å²) in [6.07, 6.45) is 2.35. The summed E-state index contributed by atoms with van der Waals surface area (Å²) < 4.78 is 36.0. The molecule has 3 aromatic carbocycles. The number of nitrogens with one attached hydrogen (secondary N) is 2. The highest BCUT2D eigenvalue weighted by Crippen LogP contribution is 2.28. The SMILES string of the molecule is COc1ccccc1NC(=O)COc1ccc(/C=N\NC(=O)CN(c2ccc(Cl)c(Cl)c2)S(C)(=O)=O)cc1. The molecule has 0 fully saturated rings. The Morgan fingerprint density at radius 3 is 2.37 bits per heavy atom. The van der Waals surface area contributed by atoms with Crippen molar-refractivity contribution < 1.29 is 27.5 Å². The maximum Gasteiger partial charge on any atom is 0.262 e. The molecule has 3 rings (SSSR count). The van der Waals surface area contributed by atoms with Gasteiger partial charge in [0.15, 0.2) is 6.61 Å². The molecule has 10 nitrogen and oxygen atoms in total. The van der Waals surface area contributed by atoms with Crippen LogP contribution in [0.3, 0.4) is 0 Å². The normalized spacial score (nSPS) is 11.2. The van der Waals surface area contributed by atoms with E-state index < -0.39 is 22.5 Å². The predicted octanol–water partition coefficient (Wildman–Crippen LogP) is 3.94. The number of benzene rings is 3. The highest BCUT2D eigenvalue weighted by molar-refractivity contribution is 7.92. The number of hydrazone groups is 1. The van der Waals surface area contributed by atoms with Crippen LogP contribution in [0.1, 0.15) is 5.56 Å². The molecule has 2 N–H and O–H groups in total. The van der Waals surface area contributed by atoms with Gasteiger partial charge in [-0.05, 0) is 60.2 Å². The molecule has 3 aromatic rings. The quantitative estimate of drug-likeness (QED) is 0.262. The summed E-state index contributed by atoms with van der Waals surface area (Å²) in [5.41, 5.74) is 3.64. The Morgan fingerprint density at radius 2 is 1.71 bits per heavy atom. The van der Waals surface area contributed by atoms with Crippen LogP contribution in [-0.2, 0) is 19.6 Å². The molecule has 0 spiro atoms. The molecule has 13 heteroatoms. The van der Waals surface area contributed by atoms with Crippen molar-refractivity contribution in [3.8, 4) is 11.5 Å². The van der Waals surface area contributed by atoms with Crippen LogP contribution in [-0.4, -0.2) is 53.0 Å². The van der Waals surface area contributed by atoms with E-state index in [1.807, 2.05) is 0 Å². The maximum absolute atomic E-state index is 12.3. The molecular weight excluding hydrogens is 555 g/mol. The molecule has 0 bridgehead atoms. The second-order valence-corrected chi connectivity index (χ2v) is 10.5. The molecule has 0 heterocycles. The number of sulfonamides is 1. The number of halogens is 2. The van der Waals surface area contributed by atoms with Gasteiger partial charge in [0.2, 0.25) is 10.0 Å². The largest absolute Gasteiger partial charge is 0.495 e. The molecule has 0 unspecified atom stereocenters. The van der Waals surface area contributed by atoms with Crippen molar-refractivity contribution in [1.29, 1.82) is 0 Å². The van der Waals surface area contributed by atoms with Crippen molar-refractivity contribution in [2.45, 2.75) is 0 Å². The lowest BCUT2D eigenvalue weighted by molar-refractivity contribution is -0.119. The number of anilines is 2. The lowest BCUT2D eigenvalue weighted by atomic mass is 10.2. The van der Waals surface area contributed by atoms with E-state index in [-0.39, 0.29) is 28.2 Å². The van der Waals surface area contributed by atoms with Gasteiger partial charge in [0.05, 0.1) is 41.0 Å².